The molecule has 2 unspecified atom stereocenters. The lowest BCUT2D eigenvalue weighted by Crippen LogP contribution is -2.46. The van der Waals surface area contributed by atoms with Gasteiger partial charge in [-0.1, -0.05) is 20.8 Å². The first-order valence-electron chi connectivity index (χ1n) is 8.39. The fraction of sp³-hybridized carbons (Fsp3) is 1.00. The standard InChI is InChI=1S/C16H35N3/c1-5-10-17-15(4)16-9-8-11-19(14-16)13-12-18(6-2)7-3/h15-17H,5-14H2,1-4H3. The van der Waals surface area contributed by atoms with Gasteiger partial charge >= 0.3 is 0 Å². The smallest absolute Gasteiger partial charge is 0.0109 e. The largest absolute Gasteiger partial charge is 0.314 e. The Morgan fingerprint density at radius 3 is 2.63 bits per heavy atom. The summed E-state index contributed by atoms with van der Waals surface area (Å²) in [5.74, 6) is 0.844. The molecule has 1 aliphatic heterocycles. The molecule has 0 aromatic heterocycles. The molecule has 19 heavy (non-hydrogen) atoms. The van der Waals surface area contributed by atoms with Gasteiger partial charge in [0.05, 0.1) is 0 Å². The van der Waals surface area contributed by atoms with Crippen LogP contribution in [-0.2, 0) is 0 Å². The number of rotatable bonds is 9. The minimum atomic E-state index is 0.677. The molecule has 0 saturated carbocycles. The van der Waals surface area contributed by atoms with Crippen LogP contribution in [0.5, 0.6) is 0 Å². The second-order valence-electron chi connectivity index (χ2n) is 5.97. The quantitative estimate of drug-likeness (QED) is 0.693. The summed E-state index contributed by atoms with van der Waals surface area (Å²) in [6.45, 7) is 17.7. The second kappa shape index (κ2) is 9.73. The molecule has 2 atom stereocenters. The topological polar surface area (TPSA) is 18.5 Å². The van der Waals surface area contributed by atoms with E-state index in [-0.39, 0.29) is 0 Å². The summed E-state index contributed by atoms with van der Waals surface area (Å²) in [5, 5.41) is 3.67. The van der Waals surface area contributed by atoms with Crippen molar-refractivity contribution >= 4 is 0 Å². The van der Waals surface area contributed by atoms with Crippen LogP contribution in [0.15, 0.2) is 0 Å². The van der Waals surface area contributed by atoms with Crippen LogP contribution in [0.2, 0.25) is 0 Å². The molecule has 3 nitrogen and oxygen atoms in total. The summed E-state index contributed by atoms with van der Waals surface area (Å²) >= 11 is 0. The van der Waals surface area contributed by atoms with Crippen molar-refractivity contribution in [3.05, 3.63) is 0 Å². The highest BCUT2D eigenvalue weighted by Crippen LogP contribution is 2.19. The molecule has 1 N–H and O–H groups in total. The molecule has 0 spiro atoms. The van der Waals surface area contributed by atoms with Crippen molar-refractivity contribution in [1.82, 2.24) is 15.1 Å². The molecule has 114 valence electrons. The molecular weight excluding hydrogens is 234 g/mol. The van der Waals surface area contributed by atoms with Crippen molar-refractivity contribution in [2.75, 3.05) is 45.8 Å². The first-order chi connectivity index (χ1) is 9.21. The molecule has 0 aliphatic carbocycles. The van der Waals surface area contributed by atoms with Crippen LogP contribution in [0, 0.1) is 5.92 Å². The Balaban J connectivity index is 2.29. The van der Waals surface area contributed by atoms with Crippen molar-refractivity contribution in [1.29, 1.82) is 0 Å². The number of hydrogen-bond donors (Lipinski definition) is 1. The van der Waals surface area contributed by atoms with E-state index in [2.05, 4.69) is 42.8 Å². The predicted molar refractivity (Wildman–Crippen MR) is 84.7 cm³/mol. The van der Waals surface area contributed by atoms with Gasteiger partial charge < -0.3 is 15.1 Å². The molecule has 1 rings (SSSR count). The zero-order valence-corrected chi connectivity index (χ0v) is 13.6. The number of likely N-dealkylation sites (N-methyl/N-ethyl adjacent to an activating group) is 1. The predicted octanol–water partition coefficient (Wildman–Crippen LogP) is 2.43. The minimum Gasteiger partial charge on any atom is -0.314 e. The molecule has 3 heteroatoms. The number of nitrogens with zero attached hydrogens (tertiary/aromatic N) is 2. The van der Waals surface area contributed by atoms with Gasteiger partial charge in [-0.15, -0.1) is 0 Å². The Labute approximate surface area is 120 Å². The molecule has 0 bridgehead atoms. The molecule has 0 aromatic carbocycles. The van der Waals surface area contributed by atoms with Crippen LogP contribution < -0.4 is 5.32 Å². The molecule has 0 radical (unpaired) electrons. The monoisotopic (exact) mass is 269 g/mol. The third kappa shape index (κ3) is 6.24. The van der Waals surface area contributed by atoms with Gasteiger partial charge in [-0.2, -0.15) is 0 Å². The van der Waals surface area contributed by atoms with Crippen molar-refractivity contribution in [3.8, 4) is 0 Å². The normalized spacial score (nSPS) is 22.9. The first-order valence-corrected chi connectivity index (χ1v) is 8.39. The van der Waals surface area contributed by atoms with Gasteiger partial charge in [0.25, 0.3) is 0 Å². The third-order valence-electron chi connectivity index (χ3n) is 4.59. The summed E-state index contributed by atoms with van der Waals surface area (Å²) in [4.78, 5) is 5.21. The van der Waals surface area contributed by atoms with Crippen molar-refractivity contribution in [2.24, 2.45) is 5.92 Å². The Kier molecular flexibility index (Phi) is 8.67. The second-order valence-corrected chi connectivity index (χ2v) is 5.97. The zero-order valence-electron chi connectivity index (χ0n) is 13.6. The summed E-state index contributed by atoms with van der Waals surface area (Å²) < 4.78 is 0. The molecule has 0 amide bonds. The SMILES string of the molecule is CCCNC(C)C1CCCN(CCN(CC)CC)C1. The van der Waals surface area contributed by atoms with E-state index in [1.807, 2.05) is 0 Å². The highest BCUT2D eigenvalue weighted by Gasteiger charge is 2.24. The van der Waals surface area contributed by atoms with Gasteiger partial charge in [-0.05, 0) is 58.3 Å². The summed E-state index contributed by atoms with van der Waals surface area (Å²) in [6, 6.07) is 0.677. The zero-order chi connectivity index (χ0) is 14.1. The van der Waals surface area contributed by atoms with Crippen molar-refractivity contribution in [3.63, 3.8) is 0 Å². The van der Waals surface area contributed by atoms with Gasteiger partial charge in [0.15, 0.2) is 0 Å². The average molecular weight is 269 g/mol. The van der Waals surface area contributed by atoms with Gasteiger partial charge in [0.2, 0.25) is 0 Å². The van der Waals surface area contributed by atoms with E-state index in [1.165, 1.54) is 58.5 Å². The Bertz CT molecular complexity index is 216. The average Bonchev–Trinajstić information content (AvgIpc) is 2.46. The van der Waals surface area contributed by atoms with Crippen LogP contribution >= 0.6 is 0 Å². The van der Waals surface area contributed by atoms with E-state index in [9.17, 15) is 0 Å². The molecule has 0 aromatic rings. The van der Waals surface area contributed by atoms with Crippen LogP contribution in [0.25, 0.3) is 0 Å². The van der Waals surface area contributed by atoms with Crippen LogP contribution in [-0.4, -0.2) is 61.7 Å². The summed E-state index contributed by atoms with van der Waals surface area (Å²) in [5.41, 5.74) is 0. The maximum absolute atomic E-state index is 3.67. The van der Waals surface area contributed by atoms with Gasteiger partial charge in [-0.3, -0.25) is 0 Å². The Hall–Kier alpha value is -0.120. The number of nitrogens with one attached hydrogen (secondary N) is 1. The molecular formula is C16H35N3. The van der Waals surface area contributed by atoms with Crippen molar-refractivity contribution < 1.29 is 0 Å². The minimum absolute atomic E-state index is 0.677. The molecule has 1 saturated heterocycles. The van der Waals surface area contributed by atoms with Crippen LogP contribution in [0.1, 0.15) is 47.0 Å². The van der Waals surface area contributed by atoms with Crippen LogP contribution in [0.4, 0.5) is 0 Å². The van der Waals surface area contributed by atoms with E-state index in [0.29, 0.717) is 6.04 Å². The highest BCUT2D eigenvalue weighted by atomic mass is 15.2. The lowest BCUT2D eigenvalue weighted by Gasteiger charge is -2.37. The van der Waals surface area contributed by atoms with Gasteiger partial charge in [0, 0.05) is 25.7 Å². The fourth-order valence-electron chi connectivity index (χ4n) is 3.06. The number of hydrogen-bond acceptors (Lipinski definition) is 3. The number of piperidine rings is 1. The first kappa shape index (κ1) is 16.9. The van der Waals surface area contributed by atoms with E-state index >= 15 is 0 Å². The van der Waals surface area contributed by atoms with Gasteiger partial charge in [-0.25, -0.2) is 0 Å². The van der Waals surface area contributed by atoms with E-state index in [1.54, 1.807) is 0 Å². The third-order valence-corrected chi connectivity index (χ3v) is 4.59. The maximum atomic E-state index is 3.67. The maximum Gasteiger partial charge on any atom is 0.0109 e. The fourth-order valence-corrected chi connectivity index (χ4v) is 3.06. The number of likely N-dealkylation sites (tertiary alicyclic amines) is 1. The lowest BCUT2D eigenvalue weighted by molar-refractivity contribution is 0.134. The summed E-state index contributed by atoms with van der Waals surface area (Å²) in [7, 11) is 0. The van der Waals surface area contributed by atoms with Gasteiger partial charge in [0.1, 0.15) is 0 Å². The molecule has 1 aliphatic rings. The molecule has 1 fully saturated rings. The lowest BCUT2D eigenvalue weighted by atomic mass is 9.91. The summed E-state index contributed by atoms with van der Waals surface area (Å²) in [6.07, 6.45) is 4.02. The molecule has 1 heterocycles. The van der Waals surface area contributed by atoms with E-state index < -0.39 is 0 Å². The Morgan fingerprint density at radius 2 is 2.00 bits per heavy atom. The Morgan fingerprint density at radius 1 is 1.26 bits per heavy atom. The van der Waals surface area contributed by atoms with Crippen LogP contribution in [0.3, 0.4) is 0 Å². The highest BCUT2D eigenvalue weighted by molar-refractivity contribution is 4.80. The van der Waals surface area contributed by atoms with E-state index in [0.717, 1.165) is 12.5 Å². The van der Waals surface area contributed by atoms with Crippen molar-refractivity contribution in [2.45, 2.75) is 53.0 Å². The van der Waals surface area contributed by atoms with E-state index in [4.69, 9.17) is 0 Å².